The Morgan fingerprint density at radius 3 is 3.00 bits per heavy atom. The van der Waals surface area contributed by atoms with E-state index in [0.717, 1.165) is 6.42 Å². The third-order valence-electron chi connectivity index (χ3n) is 2.74. The zero-order chi connectivity index (χ0) is 11.7. The summed E-state index contributed by atoms with van der Waals surface area (Å²) in [6.07, 6.45) is 4.00. The summed E-state index contributed by atoms with van der Waals surface area (Å²) in [5.74, 6) is -0.948. The Morgan fingerprint density at radius 1 is 1.62 bits per heavy atom. The molecule has 0 aromatic carbocycles. The van der Waals surface area contributed by atoms with Gasteiger partial charge in [0.15, 0.2) is 5.65 Å². The zero-order valence-corrected chi connectivity index (χ0v) is 9.21. The minimum Gasteiger partial charge on any atom is -0.478 e. The van der Waals surface area contributed by atoms with Gasteiger partial charge in [-0.1, -0.05) is 6.92 Å². The molecule has 0 fully saturated rings. The van der Waals surface area contributed by atoms with Gasteiger partial charge in [-0.3, -0.25) is 0 Å². The predicted molar refractivity (Wildman–Crippen MR) is 59.5 cm³/mol. The quantitative estimate of drug-likeness (QED) is 0.858. The van der Waals surface area contributed by atoms with E-state index >= 15 is 0 Å². The topological polar surface area (TPSA) is 68.0 Å². The molecule has 1 N–H and O–H groups in total. The number of nitrogens with zero attached hydrogens (tertiary/aromatic N) is 3. The van der Waals surface area contributed by atoms with Crippen LogP contribution < -0.4 is 0 Å². The third-order valence-corrected chi connectivity index (χ3v) is 2.74. The molecule has 2 aromatic rings. The SMILES string of the molecule is CCC(C)n1ncc2c(C(=O)O)ccnc21. The molecule has 0 bridgehead atoms. The summed E-state index contributed by atoms with van der Waals surface area (Å²) in [6, 6.07) is 1.71. The fourth-order valence-electron chi connectivity index (χ4n) is 1.63. The summed E-state index contributed by atoms with van der Waals surface area (Å²) in [6.45, 7) is 4.08. The van der Waals surface area contributed by atoms with E-state index in [2.05, 4.69) is 17.0 Å². The Morgan fingerprint density at radius 2 is 2.38 bits per heavy atom. The standard InChI is InChI=1S/C11H13N3O2/c1-3-7(2)14-10-9(6-13-14)8(11(15)16)4-5-12-10/h4-7H,3H2,1-2H3,(H,15,16). The Bertz CT molecular complexity index is 533. The van der Waals surface area contributed by atoms with Gasteiger partial charge in [0.25, 0.3) is 0 Å². The number of aromatic carboxylic acids is 1. The summed E-state index contributed by atoms with van der Waals surface area (Å²) >= 11 is 0. The van der Waals surface area contributed by atoms with E-state index in [1.165, 1.54) is 12.3 Å². The maximum atomic E-state index is 11.0. The van der Waals surface area contributed by atoms with Crippen molar-refractivity contribution < 1.29 is 9.90 Å². The van der Waals surface area contributed by atoms with Gasteiger partial charge in [0, 0.05) is 6.20 Å². The average Bonchev–Trinajstić information content (AvgIpc) is 2.71. The number of carbonyl (C=O) groups is 1. The summed E-state index contributed by atoms with van der Waals surface area (Å²) in [4.78, 5) is 15.2. The number of rotatable bonds is 3. The minimum atomic E-state index is -0.948. The molecule has 0 spiro atoms. The van der Waals surface area contributed by atoms with Gasteiger partial charge in [-0.2, -0.15) is 5.10 Å². The molecule has 2 aromatic heterocycles. The number of hydrogen-bond acceptors (Lipinski definition) is 3. The van der Waals surface area contributed by atoms with Gasteiger partial charge in [-0.15, -0.1) is 0 Å². The summed E-state index contributed by atoms with van der Waals surface area (Å²) in [5.41, 5.74) is 0.883. The molecule has 1 unspecified atom stereocenters. The molecule has 16 heavy (non-hydrogen) atoms. The van der Waals surface area contributed by atoms with Crippen molar-refractivity contribution in [3.8, 4) is 0 Å². The number of aromatic nitrogens is 3. The molecular weight excluding hydrogens is 206 g/mol. The fraction of sp³-hybridized carbons (Fsp3) is 0.364. The lowest BCUT2D eigenvalue weighted by molar-refractivity contribution is 0.0699. The second-order valence-corrected chi connectivity index (χ2v) is 3.75. The second kappa shape index (κ2) is 3.92. The van der Waals surface area contributed by atoms with E-state index in [-0.39, 0.29) is 11.6 Å². The van der Waals surface area contributed by atoms with Crippen molar-refractivity contribution in [2.45, 2.75) is 26.3 Å². The Labute approximate surface area is 92.7 Å². The van der Waals surface area contributed by atoms with Gasteiger partial charge < -0.3 is 5.11 Å². The van der Waals surface area contributed by atoms with Crippen molar-refractivity contribution >= 4 is 17.0 Å². The van der Waals surface area contributed by atoms with Crippen molar-refractivity contribution in [2.75, 3.05) is 0 Å². The lowest BCUT2D eigenvalue weighted by Gasteiger charge is -2.09. The van der Waals surface area contributed by atoms with Crippen LogP contribution in [0.1, 0.15) is 36.7 Å². The zero-order valence-electron chi connectivity index (χ0n) is 9.21. The molecule has 5 heteroatoms. The van der Waals surface area contributed by atoms with Crippen LogP contribution in [0.4, 0.5) is 0 Å². The van der Waals surface area contributed by atoms with E-state index in [1.54, 1.807) is 10.9 Å². The number of carboxylic acids is 1. The highest BCUT2D eigenvalue weighted by Crippen LogP contribution is 2.20. The maximum Gasteiger partial charge on any atom is 0.336 e. The van der Waals surface area contributed by atoms with Crippen LogP contribution in [0, 0.1) is 0 Å². The van der Waals surface area contributed by atoms with Crippen LogP contribution in [0.2, 0.25) is 0 Å². The van der Waals surface area contributed by atoms with Crippen LogP contribution in [-0.2, 0) is 0 Å². The molecule has 2 heterocycles. The van der Waals surface area contributed by atoms with Crippen molar-refractivity contribution in [2.24, 2.45) is 0 Å². The molecule has 0 radical (unpaired) electrons. The molecular formula is C11H13N3O2. The Balaban J connectivity index is 2.66. The highest BCUT2D eigenvalue weighted by Gasteiger charge is 2.14. The van der Waals surface area contributed by atoms with Crippen molar-refractivity contribution in [3.63, 3.8) is 0 Å². The molecule has 0 aliphatic carbocycles. The van der Waals surface area contributed by atoms with Crippen LogP contribution in [-0.4, -0.2) is 25.8 Å². The first-order valence-electron chi connectivity index (χ1n) is 5.20. The van der Waals surface area contributed by atoms with Gasteiger partial charge >= 0.3 is 5.97 Å². The lowest BCUT2D eigenvalue weighted by Crippen LogP contribution is -2.06. The average molecular weight is 219 g/mol. The van der Waals surface area contributed by atoms with Crippen LogP contribution in [0.5, 0.6) is 0 Å². The smallest absolute Gasteiger partial charge is 0.336 e. The van der Waals surface area contributed by atoms with E-state index in [1.807, 2.05) is 6.92 Å². The molecule has 84 valence electrons. The number of carboxylic acid groups (broad SMARTS) is 1. The Hall–Kier alpha value is -1.91. The molecule has 0 aliphatic heterocycles. The van der Waals surface area contributed by atoms with E-state index in [0.29, 0.717) is 11.0 Å². The van der Waals surface area contributed by atoms with Gasteiger partial charge in [0.2, 0.25) is 0 Å². The molecule has 1 atom stereocenters. The van der Waals surface area contributed by atoms with Crippen LogP contribution >= 0.6 is 0 Å². The molecule has 0 saturated heterocycles. The number of pyridine rings is 1. The summed E-state index contributed by atoms with van der Waals surface area (Å²) < 4.78 is 1.77. The maximum absolute atomic E-state index is 11.0. The lowest BCUT2D eigenvalue weighted by atomic mass is 10.2. The van der Waals surface area contributed by atoms with Gasteiger partial charge in [0.1, 0.15) is 0 Å². The predicted octanol–water partition coefficient (Wildman–Crippen LogP) is 2.10. The van der Waals surface area contributed by atoms with Crippen LogP contribution in [0.3, 0.4) is 0 Å². The first-order chi connectivity index (χ1) is 7.65. The van der Waals surface area contributed by atoms with Crippen molar-refractivity contribution in [1.82, 2.24) is 14.8 Å². The first-order valence-corrected chi connectivity index (χ1v) is 5.20. The van der Waals surface area contributed by atoms with E-state index in [9.17, 15) is 4.79 Å². The number of hydrogen-bond donors (Lipinski definition) is 1. The molecule has 0 amide bonds. The monoisotopic (exact) mass is 219 g/mol. The van der Waals surface area contributed by atoms with Crippen LogP contribution in [0.15, 0.2) is 18.5 Å². The van der Waals surface area contributed by atoms with Crippen molar-refractivity contribution in [1.29, 1.82) is 0 Å². The second-order valence-electron chi connectivity index (χ2n) is 3.75. The first kappa shape index (κ1) is 10.6. The van der Waals surface area contributed by atoms with Crippen molar-refractivity contribution in [3.05, 3.63) is 24.0 Å². The largest absolute Gasteiger partial charge is 0.478 e. The third kappa shape index (κ3) is 1.54. The molecule has 5 nitrogen and oxygen atoms in total. The fourth-order valence-corrected chi connectivity index (χ4v) is 1.63. The minimum absolute atomic E-state index is 0.217. The van der Waals surface area contributed by atoms with Gasteiger partial charge in [0.05, 0.1) is 23.2 Å². The Kier molecular flexibility index (Phi) is 2.60. The highest BCUT2D eigenvalue weighted by atomic mass is 16.4. The van der Waals surface area contributed by atoms with Gasteiger partial charge in [-0.25, -0.2) is 14.5 Å². The number of fused-ring (bicyclic) bond motifs is 1. The highest BCUT2D eigenvalue weighted by molar-refractivity contribution is 6.01. The normalized spacial score (nSPS) is 12.9. The molecule has 0 saturated carbocycles. The van der Waals surface area contributed by atoms with Gasteiger partial charge in [-0.05, 0) is 19.4 Å². The summed E-state index contributed by atoms with van der Waals surface area (Å²) in [5, 5.41) is 13.8. The molecule has 0 aliphatic rings. The van der Waals surface area contributed by atoms with E-state index in [4.69, 9.17) is 5.11 Å². The summed E-state index contributed by atoms with van der Waals surface area (Å²) in [7, 11) is 0. The molecule has 2 rings (SSSR count). The van der Waals surface area contributed by atoms with E-state index < -0.39 is 5.97 Å². The van der Waals surface area contributed by atoms with Crippen LogP contribution in [0.25, 0.3) is 11.0 Å².